The summed E-state index contributed by atoms with van der Waals surface area (Å²) >= 11 is 3.32. The summed E-state index contributed by atoms with van der Waals surface area (Å²) in [7, 11) is -2.69. The van der Waals surface area contributed by atoms with Gasteiger partial charge in [0.15, 0.2) is 23.0 Å². The van der Waals surface area contributed by atoms with Crippen molar-refractivity contribution in [2.75, 3.05) is 20.3 Å². The summed E-state index contributed by atoms with van der Waals surface area (Å²) in [5.41, 5.74) is 3.33. The molecule has 1 N–H and O–H groups in total. The highest BCUT2D eigenvalue weighted by Gasteiger charge is 2.21. The molecule has 3 aromatic carbocycles. The fourth-order valence-electron chi connectivity index (χ4n) is 3.12. The third kappa shape index (κ3) is 7.46. The summed E-state index contributed by atoms with van der Waals surface area (Å²) in [5.74, 6) is 0.741. The molecule has 0 radical (unpaired) electrons. The Balaban J connectivity index is 1.75. The van der Waals surface area contributed by atoms with Crippen molar-refractivity contribution in [3.63, 3.8) is 0 Å². The van der Waals surface area contributed by atoms with Crippen LogP contribution in [0.4, 0.5) is 0 Å². The quantitative estimate of drug-likeness (QED) is 0.176. The van der Waals surface area contributed by atoms with Crippen LogP contribution >= 0.6 is 15.9 Å². The van der Waals surface area contributed by atoms with Gasteiger partial charge in [-0.15, -0.1) is 0 Å². The van der Waals surface area contributed by atoms with Crippen molar-refractivity contribution in [3.05, 3.63) is 76.3 Å². The molecule has 0 unspecified atom stereocenters. The minimum atomic E-state index is -4.08. The second-order valence-electron chi connectivity index (χ2n) is 7.53. The number of rotatable bonds is 12. The Hall–Kier alpha value is -3.57. The first-order chi connectivity index (χ1) is 17.8. The monoisotopic (exact) mass is 590 g/mol. The summed E-state index contributed by atoms with van der Waals surface area (Å²) in [6.07, 6.45) is 2.24. The van der Waals surface area contributed by atoms with Crippen molar-refractivity contribution < 1.29 is 31.6 Å². The fourth-order valence-corrected chi connectivity index (χ4v) is 4.74. The molecule has 0 aliphatic carbocycles. The first kappa shape index (κ1) is 28.0. The van der Waals surface area contributed by atoms with E-state index in [0.29, 0.717) is 40.3 Å². The fraction of sp³-hybridized carbons (Fsp3) is 0.231. The van der Waals surface area contributed by atoms with Crippen LogP contribution in [0.5, 0.6) is 23.0 Å². The maximum atomic E-state index is 12.6. The van der Waals surface area contributed by atoms with E-state index < -0.39 is 16.0 Å². The van der Waals surface area contributed by atoms with Gasteiger partial charge in [-0.05, 0) is 77.3 Å². The van der Waals surface area contributed by atoms with E-state index in [0.717, 1.165) is 6.42 Å². The second-order valence-corrected chi connectivity index (χ2v) is 9.93. The molecular weight excluding hydrogens is 564 g/mol. The van der Waals surface area contributed by atoms with Crippen LogP contribution in [0.2, 0.25) is 0 Å². The summed E-state index contributed by atoms with van der Waals surface area (Å²) in [5, 5.41) is 4.00. The molecule has 0 bridgehead atoms. The number of benzene rings is 3. The van der Waals surface area contributed by atoms with Crippen molar-refractivity contribution in [1.82, 2.24) is 5.43 Å². The van der Waals surface area contributed by atoms with E-state index in [-0.39, 0.29) is 16.4 Å². The third-order valence-corrected chi connectivity index (χ3v) is 6.65. The standard InChI is InChI=1S/C26H27BrN2O7S/c1-4-13-35-22-12-11-19(16-23(22)34-5-2)26(30)29-28-17-18-14-21(27)25(24(15-18)33-3)36-37(31,32)20-9-7-6-8-10-20/h6-12,14-17H,4-5,13H2,1-3H3,(H,29,30)/b28-17+. The van der Waals surface area contributed by atoms with Crippen LogP contribution < -0.4 is 23.8 Å². The lowest BCUT2D eigenvalue weighted by atomic mass is 10.2. The predicted octanol–water partition coefficient (Wildman–Crippen LogP) is 5.18. The highest BCUT2D eigenvalue weighted by atomic mass is 79.9. The Kier molecular flexibility index (Phi) is 9.93. The molecule has 3 rings (SSSR count). The van der Waals surface area contributed by atoms with Gasteiger partial charge in [-0.1, -0.05) is 25.1 Å². The average molecular weight is 591 g/mol. The third-order valence-electron chi connectivity index (χ3n) is 4.82. The molecule has 0 saturated heterocycles. The van der Waals surface area contributed by atoms with Crippen molar-refractivity contribution in [2.45, 2.75) is 25.2 Å². The normalized spacial score (nSPS) is 11.2. The number of nitrogens with one attached hydrogen (secondary N) is 1. The maximum absolute atomic E-state index is 12.6. The Morgan fingerprint density at radius 1 is 1.00 bits per heavy atom. The number of hydrogen-bond donors (Lipinski definition) is 1. The van der Waals surface area contributed by atoms with Crippen LogP contribution in [0.15, 0.2) is 75.1 Å². The number of nitrogens with zero attached hydrogens (tertiary/aromatic N) is 1. The van der Waals surface area contributed by atoms with Gasteiger partial charge < -0.3 is 18.4 Å². The topological polar surface area (TPSA) is 113 Å². The summed E-state index contributed by atoms with van der Waals surface area (Å²) in [6, 6.07) is 15.8. The first-order valence-electron chi connectivity index (χ1n) is 11.4. The van der Waals surface area contributed by atoms with E-state index in [4.69, 9.17) is 18.4 Å². The number of amides is 1. The average Bonchev–Trinajstić information content (AvgIpc) is 2.89. The molecule has 196 valence electrons. The lowest BCUT2D eigenvalue weighted by Gasteiger charge is -2.13. The van der Waals surface area contributed by atoms with E-state index >= 15 is 0 Å². The Morgan fingerprint density at radius 3 is 2.43 bits per heavy atom. The summed E-state index contributed by atoms with van der Waals surface area (Å²) in [6.45, 7) is 4.81. The maximum Gasteiger partial charge on any atom is 0.339 e. The Morgan fingerprint density at radius 2 is 1.76 bits per heavy atom. The van der Waals surface area contributed by atoms with Gasteiger partial charge in [0.05, 0.1) is 31.0 Å². The molecule has 3 aromatic rings. The molecular formula is C26H27BrN2O7S. The molecule has 0 aliphatic rings. The van der Waals surface area contributed by atoms with Crippen LogP contribution in [0, 0.1) is 0 Å². The molecule has 1 amide bonds. The predicted molar refractivity (Wildman–Crippen MR) is 143 cm³/mol. The Bertz CT molecular complexity index is 1360. The molecule has 0 aromatic heterocycles. The smallest absolute Gasteiger partial charge is 0.339 e. The minimum absolute atomic E-state index is 0.00903. The molecule has 0 spiro atoms. The number of methoxy groups -OCH3 is 1. The number of hydrogen-bond acceptors (Lipinski definition) is 8. The van der Waals surface area contributed by atoms with E-state index in [1.54, 1.807) is 42.5 Å². The summed E-state index contributed by atoms with van der Waals surface area (Å²) in [4.78, 5) is 12.6. The molecule has 9 nitrogen and oxygen atoms in total. The zero-order valence-corrected chi connectivity index (χ0v) is 23.0. The highest BCUT2D eigenvalue weighted by Crippen LogP contribution is 2.38. The lowest BCUT2D eigenvalue weighted by molar-refractivity contribution is 0.0954. The molecule has 0 saturated carbocycles. The molecule has 0 atom stereocenters. The number of carbonyl (C=O) groups excluding carboxylic acids is 1. The van der Waals surface area contributed by atoms with Crippen molar-refractivity contribution in [1.29, 1.82) is 0 Å². The van der Waals surface area contributed by atoms with Gasteiger partial charge in [-0.2, -0.15) is 13.5 Å². The van der Waals surface area contributed by atoms with Crippen molar-refractivity contribution in [3.8, 4) is 23.0 Å². The second kappa shape index (κ2) is 13.1. The number of ether oxygens (including phenoxy) is 3. The van der Waals surface area contributed by atoms with Crippen LogP contribution in [-0.4, -0.2) is 40.9 Å². The van der Waals surface area contributed by atoms with Gasteiger partial charge in [0.2, 0.25) is 0 Å². The van der Waals surface area contributed by atoms with E-state index in [1.807, 2.05) is 13.8 Å². The number of hydrazone groups is 1. The zero-order chi connectivity index (χ0) is 26.8. The lowest BCUT2D eigenvalue weighted by Crippen LogP contribution is -2.18. The van der Waals surface area contributed by atoms with E-state index in [9.17, 15) is 13.2 Å². The largest absolute Gasteiger partial charge is 0.493 e. The van der Waals surface area contributed by atoms with Gasteiger partial charge in [-0.3, -0.25) is 4.79 Å². The van der Waals surface area contributed by atoms with Crippen LogP contribution in [0.25, 0.3) is 0 Å². The zero-order valence-electron chi connectivity index (χ0n) is 20.6. The highest BCUT2D eigenvalue weighted by molar-refractivity contribution is 9.10. The molecule has 11 heteroatoms. The van der Waals surface area contributed by atoms with Gasteiger partial charge in [0.25, 0.3) is 5.91 Å². The Labute approximate surface area is 224 Å². The number of carbonyl (C=O) groups is 1. The first-order valence-corrected chi connectivity index (χ1v) is 13.6. The van der Waals surface area contributed by atoms with Crippen LogP contribution in [0.1, 0.15) is 36.2 Å². The van der Waals surface area contributed by atoms with Crippen molar-refractivity contribution in [2.24, 2.45) is 5.10 Å². The molecule has 0 heterocycles. The molecule has 37 heavy (non-hydrogen) atoms. The molecule has 0 fully saturated rings. The van der Waals surface area contributed by atoms with E-state index in [1.165, 1.54) is 31.5 Å². The van der Waals surface area contributed by atoms with Crippen LogP contribution in [-0.2, 0) is 10.1 Å². The SMILES string of the molecule is CCCOc1ccc(C(=O)N/N=C/c2cc(Br)c(OS(=O)(=O)c3ccccc3)c(OC)c2)cc1OCC. The van der Waals surface area contributed by atoms with Gasteiger partial charge in [0.1, 0.15) is 4.90 Å². The van der Waals surface area contributed by atoms with Gasteiger partial charge in [-0.25, -0.2) is 5.43 Å². The van der Waals surface area contributed by atoms with Crippen molar-refractivity contribution >= 4 is 38.2 Å². The van der Waals surface area contributed by atoms with Crippen LogP contribution in [0.3, 0.4) is 0 Å². The number of halogens is 1. The summed E-state index contributed by atoms with van der Waals surface area (Å²) < 4.78 is 47.5. The van der Waals surface area contributed by atoms with Gasteiger partial charge >= 0.3 is 10.1 Å². The molecule has 0 aliphatic heterocycles. The minimum Gasteiger partial charge on any atom is -0.493 e. The van der Waals surface area contributed by atoms with Gasteiger partial charge in [0, 0.05) is 5.56 Å². The van der Waals surface area contributed by atoms with E-state index in [2.05, 4.69) is 26.5 Å².